The zero-order valence-corrected chi connectivity index (χ0v) is 12.0. The SMILES string of the molecule is CC(C)(C)OC(=O)N1CC[C@@H](C(=O)O)C[C@@H]1CC(=O)O. The molecule has 0 aromatic carbocycles. The summed E-state index contributed by atoms with van der Waals surface area (Å²) in [5.74, 6) is -2.63. The maximum absolute atomic E-state index is 12.0. The first-order chi connectivity index (χ1) is 9.10. The fourth-order valence-corrected chi connectivity index (χ4v) is 2.23. The third kappa shape index (κ3) is 4.71. The minimum atomic E-state index is -1.06. The average Bonchev–Trinajstić information content (AvgIpc) is 2.25. The third-order valence-electron chi connectivity index (χ3n) is 3.10. The molecule has 0 spiro atoms. The fraction of sp³-hybridized carbons (Fsp3) is 0.769. The Morgan fingerprint density at radius 2 is 1.85 bits per heavy atom. The molecule has 0 bridgehead atoms. The summed E-state index contributed by atoms with van der Waals surface area (Å²) in [5.41, 5.74) is -0.672. The Morgan fingerprint density at radius 3 is 2.30 bits per heavy atom. The van der Waals surface area contributed by atoms with Gasteiger partial charge in [-0.3, -0.25) is 9.59 Å². The van der Waals surface area contributed by atoms with E-state index in [0.29, 0.717) is 6.42 Å². The Hall–Kier alpha value is -1.79. The fourth-order valence-electron chi connectivity index (χ4n) is 2.23. The number of hydrogen-bond donors (Lipinski definition) is 2. The minimum Gasteiger partial charge on any atom is -0.481 e. The molecule has 2 atom stereocenters. The van der Waals surface area contributed by atoms with E-state index in [4.69, 9.17) is 14.9 Å². The Balaban J connectivity index is 2.79. The van der Waals surface area contributed by atoms with Crippen molar-refractivity contribution in [2.24, 2.45) is 5.92 Å². The molecule has 20 heavy (non-hydrogen) atoms. The third-order valence-corrected chi connectivity index (χ3v) is 3.10. The molecule has 1 aliphatic rings. The van der Waals surface area contributed by atoms with Crippen LogP contribution in [0, 0.1) is 5.92 Å². The van der Waals surface area contributed by atoms with Gasteiger partial charge in [0.2, 0.25) is 0 Å². The highest BCUT2D eigenvalue weighted by Crippen LogP contribution is 2.27. The standard InChI is InChI=1S/C13H21NO6/c1-13(2,3)20-12(19)14-5-4-8(11(17)18)6-9(14)7-10(15)16/h8-9H,4-7H2,1-3H3,(H,15,16)(H,17,18)/t8-,9-/m1/s1. The lowest BCUT2D eigenvalue weighted by Gasteiger charge is -2.38. The van der Waals surface area contributed by atoms with Crippen LogP contribution >= 0.6 is 0 Å². The van der Waals surface area contributed by atoms with Gasteiger partial charge in [-0.2, -0.15) is 0 Å². The Morgan fingerprint density at radius 1 is 1.25 bits per heavy atom. The van der Waals surface area contributed by atoms with Gasteiger partial charge in [-0.05, 0) is 33.6 Å². The van der Waals surface area contributed by atoms with Crippen molar-refractivity contribution in [1.29, 1.82) is 0 Å². The van der Waals surface area contributed by atoms with Gasteiger partial charge in [0.15, 0.2) is 0 Å². The molecule has 1 rings (SSSR count). The summed E-state index contributed by atoms with van der Waals surface area (Å²) in [6.45, 7) is 5.37. The number of carboxylic acid groups (broad SMARTS) is 2. The summed E-state index contributed by atoms with van der Waals surface area (Å²) in [6, 6.07) is -0.641. The molecule has 1 saturated heterocycles. The van der Waals surface area contributed by atoms with Gasteiger partial charge in [-0.1, -0.05) is 0 Å². The Kier molecular flexibility index (Phi) is 4.97. The van der Waals surface area contributed by atoms with Crippen molar-refractivity contribution in [3.63, 3.8) is 0 Å². The molecule has 0 unspecified atom stereocenters. The van der Waals surface area contributed by atoms with Crippen molar-refractivity contribution < 1.29 is 29.3 Å². The van der Waals surface area contributed by atoms with Gasteiger partial charge in [0.1, 0.15) is 5.60 Å². The van der Waals surface area contributed by atoms with Gasteiger partial charge < -0.3 is 19.8 Å². The molecule has 7 nitrogen and oxygen atoms in total. The van der Waals surface area contributed by atoms with Crippen molar-refractivity contribution in [1.82, 2.24) is 4.90 Å². The highest BCUT2D eigenvalue weighted by Gasteiger charge is 2.37. The van der Waals surface area contributed by atoms with Crippen LogP contribution in [-0.2, 0) is 14.3 Å². The monoisotopic (exact) mass is 287 g/mol. The first-order valence-electron chi connectivity index (χ1n) is 6.54. The lowest BCUT2D eigenvalue weighted by molar-refractivity contribution is -0.146. The molecule has 1 heterocycles. The molecule has 0 aliphatic carbocycles. The maximum atomic E-state index is 12.0. The zero-order chi connectivity index (χ0) is 15.5. The van der Waals surface area contributed by atoms with Crippen molar-refractivity contribution in [2.75, 3.05) is 6.54 Å². The normalized spacial score (nSPS) is 23.2. The minimum absolute atomic E-state index is 0.140. The average molecular weight is 287 g/mol. The highest BCUT2D eigenvalue weighted by molar-refractivity contribution is 5.74. The number of likely N-dealkylation sites (tertiary alicyclic amines) is 1. The molecule has 1 amide bonds. The summed E-state index contributed by atoms with van der Waals surface area (Å²) >= 11 is 0. The second-order valence-electron chi connectivity index (χ2n) is 5.98. The van der Waals surface area contributed by atoms with Crippen LogP contribution in [0.3, 0.4) is 0 Å². The molecular formula is C13H21NO6. The smallest absolute Gasteiger partial charge is 0.410 e. The number of carbonyl (C=O) groups is 3. The van der Waals surface area contributed by atoms with Gasteiger partial charge >= 0.3 is 18.0 Å². The molecule has 0 saturated carbocycles. The van der Waals surface area contributed by atoms with Gasteiger partial charge in [-0.25, -0.2) is 4.79 Å². The predicted molar refractivity (Wildman–Crippen MR) is 69.3 cm³/mol. The van der Waals surface area contributed by atoms with E-state index in [1.54, 1.807) is 20.8 Å². The van der Waals surface area contributed by atoms with Gasteiger partial charge in [0, 0.05) is 12.6 Å². The van der Waals surface area contributed by atoms with E-state index in [1.807, 2.05) is 0 Å². The number of nitrogens with zero attached hydrogens (tertiary/aromatic N) is 1. The van der Waals surface area contributed by atoms with Gasteiger partial charge in [0.05, 0.1) is 12.3 Å². The molecule has 0 aromatic rings. The number of aliphatic carboxylic acids is 2. The lowest BCUT2D eigenvalue weighted by Crippen LogP contribution is -2.49. The van der Waals surface area contributed by atoms with Crippen molar-refractivity contribution in [2.45, 2.75) is 51.7 Å². The van der Waals surface area contributed by atoms with Crippen LogP contribution in [0.4, 0.5) is 4.79 Å². The molecule has 7 heteroatoms. The van der Waals surface area contributed by atoms with E-state index in [9.17, 15) is 14.4 Å². The number of rotatable bonds is 3. The first kappa shape index (κ1) is 16.3. The second-order valence-corrected chi connectivity index (χ2v) is 5.98. The number of ether oxygens (including phenoxy) is 1. The molecule has 114 valence electrons. The maximum Gasteiger partial charge on any atom is 0.410 e. The van der Waals surface area contributed by atoms with Gasteiger partial charge in [0.25, 0.3) is 0 Å². The summed E-state index contributed by atoms with van der Waals surface area (Å²) in [4.78, 5) is 35.3. The number of carboxylic acids is 2. The largest absolute Gasteiger partial charge is 0.481 e. The Labute approximate surface area is 117 Å². The van der Waals surface area contributed by atoms with Crippen LogP contribution in [0.2, 0.25) is 0 Å². The second kappa shape index (κ2) is 6.11. The summed E-state index contributed by atoms with van der Waals surface area (Å²) in [7, 11) is 0. The van der Waals surface area contributed by atoms with Crippen LogP contribution in [0.1, 0.15) is 40.0 Å². The van der Waals surface area contributed by atoms with Crippen LogP contribution in [-0.4, -0.2) is 51.3 Å². The van der Waals surface area contributed by atoms with E-state index in [-0.39, 0.29) is 19.4 Å². The topological polar surface area (TPSA) is 104 Å². The van der Waals surface area contributed by atoms with Crippen molar-refractivity contribution >= 4 is 18.0 Å². The highest BCUT2D eigenvalue weighted by atomic mass is 16.6. The molecular weight excluding hydrogens is 266 g/mol. The molecule has 0 aromatic heterocycles. The zero-order valence-electron chi connectivity index (χ0n) is 12.0. The van der Waals surface area contributed by atoms with Crippen molar-refractivity contribution in [3.8, 4) is 0 Å². The van der Waals surface area contributed by atoms with Crippen LogP contribution in [0.25, 0.3) is 0 Å². The van der Waals surface area contributed by atoms with E-state index in [1.165, 1.54) is 4.90 Å². The number of carbonyl (C=O) groups excluding carboxylic acids is 1. The van der Waals surface area contributed by atoms with E-state index < -0.39 is 35.6 Å². The number of piperidine rings is 1. The molecule has 0 radical (unpaired) electrons. The van der Waals surface area contributed by atoms with Crippen LogP contribution in [0.15, 0.2) is 0 Å². The van der Waals surface area contributed by atoms with E-state index >= 15 is 0 Å². The molecule has 2 N–H and O–H groups in total. The summed E-state index contributed by atoms with van der Waals surface area (Å²) < 4.78 is 5.23. The van der Waals surface area contributed by atoms with Gasteiger partial charge in [-0.15, -0.1) is 0 Å². The predicted octanol–water partition coefficient (Wildman–Crippen LogP) is 1.56. The van der Waals surface area contributed by atoms with Crippen molar-refractivity contribution in [3.05, 3.63) is 0 Å². The quantitative estimate of drug-likeness (QED) is 0.816. The lowest BCUT2D eigenvalue weighted by atomic mass is 9.89. The molecule has 1 aliphatic heterocycles. The summed E-state index contributed by atoms with van der Waals surface area (Å²) in [6.07, 6.45) is -0.415. The van der Waals surface area contributed by atoms with Crippen LogP contribution < -0.4 is 0 Å². The van der Waals surface area contributed by atoms with Crippen LogP contribution in [0.5, 0.6) is 0 Å². The first-order valence-corrected chi connectivity index (χ1v) is 6.54. The number of hydrogen-bond acceptors (Lipinski definition) is 4. The van der Waals surface area contributed by atoms with E-state index in [0.717, 1.165) is 0 Å². The summed E-state index contributed by atoms with van der Waals surface area (Å²) in [5, 5.41) is 17.9. The molecule has 1 fully saturated rings. The number of amides is 1. The Bertz CT molecular complexity index is 400. The van der Waals surface area contributed by atoms with E-state index in [2.05, 4.69) is 0 Å².